The normalized spacial score (nSPS) is 11.3. The molecule has 0 saturated heterocycles. The standard InChI is InChI=1S/C14H16N2O4S/c1-14(2,13(18)19)5-6-15-11(17)10-8-16-12(21-10)9-4-3-7-20-9/h3-4,7-8H,5-6H2,1-2H3,(H,15,17)(H,18,19). The van der Waals surface area contributed by atoms with Crippen molar-refractivity contribution in [1.29, 1.82) is 0 Å². The maximum atomic E-state index is 12.0. The van der Waals surface area contributed by atoms with E-state index in [4.69, 9.17) is 9.52 Å². The van der Waals surface area contributed by atoms with Crippen LogP contribution in [0.3, 0.4) is 0 Å². The third kappa shape index (κ3) is 3.69. The van der Waals surface area contributed by atoms with Crippen molar-refractivity contribution in [1.82, 2.24) is 10.3 Å². The van der Waals surface area contributed by atoms with Gasteiger partial charge in [0.15, 0.2) is 10.8 Å². The number of carbonyl (C=O) groups excluding carboxylic acids is 1. The summed E-state index contributed by atoms with van der Waals surface area (Å²) < 4.78 is 5.22. The third-order valence-corrected chi connectivity index (χ3v) is 4.09. The summed E-state index contributed by atoms with van der Waals surface area (Å²) in [4.78, 5) is 27.5. The Morgan fingerprint density at radius 2 is 2.24 bits per heavy atom. The van der Waals surface area contributed by atoms with E-state index >= 15 is 0 Å². The molecule has 21 heavy (non-hydrogen) atoms. The Morgan fingerprint density at radius 1 is 1.48 bits per heavy atom. The van der Waals surface area contributed by atoms with Gasteiger partial charge in [-0.05, 0) is 32.4 Å². The Bertz CT molecular complexity index is 631. The number of amides is 1. The van der Waals surface area contributed by atoms with Crippen molar-refractivity contribution in [2.45, 2.75) is 20.3 Å². The third-order valence-electron chi connectivity index (χ3n) is 3.08. The molecule has 7 heteroatoms. The number of aromatic nitrogens is 1. The number of carboxylic acids is 1. The van der Waals surface area contributed by atoms with Crippen LogP contribution in [0.25, 0.3) is 10.8 Å². The summed E-state index contributed by atoms with van der Waals surface area (Å²) in [6.45, 7) is 3.55. The van der Waals surface area contributed by atoms with Gasteiger partial charge in [0.2, 0.25) is 0 Å². The molecule has 1 amide bonds. The molecule has 0 aliphatic rings. The summed E-state index contributed by atoms with van der Waals surface area (Å²) in [5.74, 6) is -0.521. The van der Waals surface area contributed by atoms with Crippen molar-refractivity contribution in [2.24, 2.45) is 5.41 Å². The minimum atomic E-state index is -0.880. The van der Waals surface area contributed by atoms with Gasteiger partial charge in [0.1, 0.15) is 4.88 Å². The van der Waals surface area contributed by atoms with Gasteiger partial charge in [0, 0.05) is 6.54 Å². The summed E-state index contributed by atoms with van der Waals surface area (Å²) in [6.07, 6.45) is 3.39. The van der Waals surface area contributed by atoms with Crippen molar-refractivity contribution >= 4 is 23.2 Å². The van der Waals surface area contributed by atoms with Gasteiger partial charge >= 0.3 is 5.97 Å². The highest BCUT2D eigenvalue weighted by Crippen LogP contribution is 2.25. The average molecular weight is 308 g/mol. The number of aliphatic carboxylic acids is 1. The van der Waals surface area contributed by atoms with Crippen LogP contribution in [-0.4, -0.2) is 28.5 Å². The second kappa shape index (κ2) is 6.09. The number of hydrogen-bond donors (Lipinski definition) is 2. The van der Waals surface area contributed by atoms with E-state index in [9.17, 15) is 9.59 Å². The van der Waals surface area contributed by atoms with Gasteiger partial charge in [-0.1, -0.05) is 0 Å². The number of rotatable bonds is 6. The molecule has 0 saturated carbocycles. The predicted molar refractivity (Wildman–Crippen MR) is 78.2 cm³/mol. The Hall–Kier alpha value is -2.15. The lowest BCUT2D eigenvalue weighted by atomic mass is 9.90. The minimum Gasteiger partial charge on any atom is -0.481 e. The van der Waals surface area contributed by atoms with E-state index in [1.807, 2.05) is 0 Å². The van der Waals surface area contributed by atoms with Gasteiger partial charge in [-0.15, -0.1) is 11.3 Å². The summed E-state index contributed by atoms with van der Waals surface area (Å²) in [6, 6.07) is 3.53. The van der Waals surface area contributed by atoms with Gasteiger partial charge in [-0.25, -0.2) is 4.98 Å². The second-order valence-electron chi connectivity index (χ2n) is 5.20. The first-order valence-electron chi connectivity index (χ1n) is 6.41. The van der Waals surface area contributed by atoms with Gasteiger partial charge in [-0.3, -0.25) is 9.59 Å². The van der Waals surface area contributed by atoms with Crippen molar-refractivity contribution in [2.75, 3.05) is 6.54 Å². The summed E-state index contributed by atoms with van der Waals surface area (Å²) in [5, 5.41) is 12.3. The topological polar surface area (TPSA) is 92.4 Å². The minimum absolute atomic E-state index is 0.258. The van der Waals surface area contributed by atoms with Crippen LogP contribution >= 0.6 is 11.3 Å². The fourth-order valence-corrected chi connectivity index (χ4v) is 2.38. The quantitative estimate of drug-likeness (QED) is 0.855. The largest absolute Gasteiger partial charge is 0.481 e. The molecule has 0 fully saturated rings. The molecule has 2 aromatic heterocycles. The number of thiazole rings is 1. The van der Waals surface area contributed by atoms with Crippen LogP contribution in [0.4, 0.5) is 0 Å². The molecular weight excluding hydrogens is 292 g/mol. The van der Waals surface area contributed by atoms with Crippen LogP contribution in [0, 0.1) is 5.41 Å². The lowest BCUT2D eigenvalue weighted by molar-refractivity contribution is -0.147. The highest BCUT2D eigenvalue weighted by atomic mass is 32.1. The van der Waals surface area contributed by atoms with E-state index in [1.54, 1.807) is 32.2 Å². The van der Waals surface area contributed by atoms with Gasteiger partial charge < -0.3 is 14.8 Å². The zero-order valence-corrected chi connectivity index (χ0v) is 12.6. The van der Waals surface area contributed by atoms with Crippen molar-refractivity contribution in [3.05, 3.63) is 29.5 Å². The Morgan fingerprint density at radius 3 is 2.86 bits per heavy atom. The number of carboxylic acid groups (broad SMARTS) is 1. The number of carbonyl (C=O) groups is 2. The second-order valence-corrected chi connectivity index (χ2v) is 6.23. The van der Waals surface area contributed by atoms with Crippen LogP contribution in [0.15, 0.2) is 29.0 Å². The van der Waals surface area contributed by atoms with E-state index < -0.39 is 11.4 Å². The SMILES string of the molecule is CC(C)(CCNC(=O)c1cnc(-c2ccco2)s1)C(=O)O. The maximum Gasteiger partial charge on any atom is 0.309 e. The molecule has 0 bridgehead atoms. The van der Waals surface area contributed by atoms with E-state index in [2.05, 4.69) is 10.3 Å². The van der Waals surface area contributed by atoms with E-state index in [0.717, 1.165) is 0 Å². The highest BCUT2D eigenvalue weighted by molar-refractivity contribution is 7.16. The zero-order chi connectivity index (χ0) is 15.5. The van der Waals surface area contributed by atoms with Crippen LogP contribution in [0.1, 0.15) is 29.9 Å². The molecule has 6 nitrogen and oxygen atoms in total. The van der Waals surface area contributed by atoms with Crippen molar-refractivity contribution in [3.63, 3.8) is 0 Å². The first-order chi connectivity index (χ1) is 9.90. The molecule has 2 N–H and O–H groups in total. The Balaban J connectivity index is 1.91. The molecule has 0 spiro atoms. The molecule has 0 radical (unpaired) electrons. The molecule has 112 valence electrons. The van der Waals surface area contributed by atoms with Crippen LogP contribution in [-0.2, 0) is 4.79 Å². The van der Waals surface area contributed by atoms with Gasteiger partial charge in [0.05, 0.1) is 17.9 Å². The highest BCUT2D eigenvalue weighted by Gasteiger charge is 2.26. The van der Waals surface area contributed by atoms with Crippen LogP contribution in [0.5, 0.6) is 0 Å². The fourth-order valence-electron chi connectivity index (χ4n) is 1.58. The van der Waals surface area contributed by atoms with Crippen LogP contribution in [0.2, 0.25) is 0 Å². The lowest BCUT2D eigenvalue weighted by Gasteiger charge is -2.18. The van der Waals surface area contributed by atoms with Crippen molar-refractivity contribution in [3.8, 4) is 10.8 Å². The Labute approximate surface area is 125 Å². The molecule has 2 rings (SSSR count). The first-order valence-corrected chi connectivity index (χ1v) is 7.23. The van der Waals surface area contributed by atoms with E-state index in [0.29, 0.717) is 28.6 Å². The Kier molecular flexibility index (Phi) is 4.42. The average Bonchev–Trinajstić information content (AvgIpc) is 3.09. The number of furan rings is 1. The lowest BCUT2D eigenvalue weighted by Crippen LogP contribution is -2.31. The fraction of sp³-hybridized carbons (Fsp3) is 0.357. The number of nitrogens with one attached hydrogen (secondary N) is 1. The van der Waals surface area contributed by atoms with Crippen molar-refractivity contribution < 1.29 is 19.1 Å². The van der Waals surface area contributed by atoms with Crippen LogP contribution < -0.4 is 5.32 Å². The maximum absolute atomic E-state index is 12.0. The molecule has 0 atom stereocenters. The molecule has 2 aromatic rings. The number of hydrogen-bond acceptors (Lipinski definition) is 5. The monoisotopic (exact) mass is 308 g/mol. The predicted octanol–water partition coefficient (Wildman–Crippen LogP) is 2.63. The van der Waals surface area contributed by atoms with E-state index in [-0.39, 0.29) is 5.91 Å². The molecule has 0 aliphatic carbocycles. The summed E-state index contributed by atoms with van der Waals surface area (Å²) in [7, 11) is 0. The smallest absolute Gasteiger partial charge is 0.309 e. The molecule has 0 aliphatic heterocycles. The first kappa shape index (κ1) is 15.2. The molecule has 0 unspecified atom stereocenters. The molecular formula is C14H16N2O4S. The summed E-state index contributed by atoms with van der Waals surface area (Å²) >= 11 is 1.23. The number of nitrogens with zero attached hydrogens (tertiary/aromatic N) is 1. The molecule has 2 heterocycles. The van der Waals surface area contributed by atoms with E-state index in [1.165, 1.54) is 17.5 Å². The van der Waals surface area contributed by atoms with Gasteiger partial charge in [0.25, 0.3) is 5.91 Å². The zero-order valence-electron chi connectivity index (χ0n) is 11.8. The summed E-state index contributed by atoms with van der Waals surface area (Å²) in [5.41, 5.74) is -0.861. The van der Waals surface area contributed by atoms with Gasteiger partial charge in [-0.2, -0.15) is 0 Å². The molecule has 0 aromatic carbocycles.